The summed E-state index contributed by atoms with van der Waals surface area (Å²) in [6.07, 6.45) is 4.81. The monoisotopic (exact) mass is 199 g/mol. The van der Waals surface area contributed by atoms with Crippen molar-refractivity contribution < 1.29 is 9.84 Å². The van der Waals surface area contributed by atoms with E-state index >= 15 is 0 Å². The average molecular weight is 199 g/mol. The summed E-state index contributed by atoms with van der Waals surface area (Å²) in [6.45, 7) is 4.53. The lowest BCUT2D eigenvalue weighted by Gasteiger charge is -2.39. The first-order valence-electron chi connectivity index (χ1n) is 5.83. The molecule has 0 radical (unpaired) electrons. The number of piperidine rings is 1. The molecule has 0 aromatic rings. The molecule has 0 aromatic heterocycles. The molecule has 0 bridgehead atoms. The van der Waals surface area contributed by atoms with E-state index in [1.807, 2.05) is 0 Å². The summed E-state index contributed by atoms with van der Waals surface area (Å²) >= 11 is 0. The van der Waals surface area contributed by atoms with Crippen molar-refractivity contribution in [2.75, 3.05) is 32.9 Å². The predicted molar refractivity (Wildman–Crippen MR) is 55.2 cm³/mol. The van der Waals surface area contributed by atoms with E-state index in [1.165, 1.54) is 32.2 Å². The second-order valence-electron chi connectivity index (χ2n) is 4.53. The van der Waals surface area contributed by atoms with Crippen molar-refractivity contribution in [2.45, 2.75) is 31.7 Å². The Morgan fingerprint density at radius 3 is 2.71 bits per heavy atom. The van der Waals surface area contributed by atoms with Gasteiger partial charge in [-0.25, -0.2) is 0 Å². The molecule has 0 saturated carbocycles. The minimum Gasteiger partial charge on any atom is -0.396 e. The third-order valence-electron chi connectivity index (χ3n) is 3.52. The van der Waals surface area contributed by atoms with Crippen LogP contribution >= 0.6 is 0 Å². The molecule has 3 nitrogen and oxygen atoms in total. The minimum absolute atomic E-state index is 0.361. The van der Waals surface area contributed by atoms with E-state index in [2.05, 4.69) is 4.90 Å². The normalized spacial score (nSPS) is 31.9. The summed E-state index contributed by atoms with van der Waals surface area (Å²) in [6, 6.07) is 0.720. The molecule has 0 aliphatic carbocycles. The highest BCUT2D eigenvalue weighted by atomic mass is 16.5. The first-order valence-corrected chi connectivity index (χ1v) is 5.83. The van der Waals surface area contributed by atoms with Crippen LogP contribution in [0.5, 0.6) is 0 Å². The van der Waals surface area contributed by atoms with Crippen molar-refractivity contribution in [1.82, 2.24) is 4.90 Å². The van der Waals surface area contributed by atoms with Crippen molar-refractivity contribution in [1.29, 1.82) is 0 Å². The first-order chi connectivity index (χ1) is 6.90. The van der Waals surface area contributed by atoms with Crippen LogP contribution in [0.2, 0.25) is 0 Å². The van der Waals surface area contributed by atoms with E-state index < -0.39 is 0 Å². The van der Waals surface area contributed by atoms with Gasteiger partial charge in [-0.15, -0.1) is 0 Å². The quantitative estimate of drug-likeness (QED) is 0.716. The fourth-order valence-electron chi connectivity index (χ4n) is 2.63. The first kappa shape index (κ1) is 10.4. The Balaban J connectivity index is 1.83. The lowest BCUT2D eigenvalue weighted by molar-refractivity contribution is 0.0111. The number of likely N-dealkylation sites (tertiary alicyclic amines) is 1. The van der Waals surface area contributed by atoms with Crippen LogP contribution in [0.1, 0.15) is 25.7 Å². The molecule has 2 aliphatic heterocycles. The zero-order valence-corrected chi connectivity index (χ0v) is 8.82. The molecule has 1 N–H and O–H groups in total. The molecule has 3 heteroatoms. The smallest absolute Gasteiger partial charge is 0.0480 e. The maximum absolute atomic E-state index is 9.16. The molecular weight excluding hydrogens is 178 g/mol. The van der Waals surface area contributed by atoms with Crippen LogP contribution in [0.25, 0.3) is 0 Å². The van der Waals surface area contributed by atoms with Crippen molar-refractivity contribution in [3.8, 4) is 0 Å². The number of rotatable bonds is 2. The Hall–Kier alpha value is -0.120. The van der Waals surface area contributed by atoms with Gasteiger partial charge in [0.1, 0.15) is 0 Å². The Morgan fingerprint density at radius 1 is 1.21 bits per heavy atom. The number of nitrogens with zero attached hydrogens (tertiary/aromatic N) is 1. The van der Waals surface area contributed by atoms with E-state index in [4.69, 9.17) is 9.84 Å². The second kappa shape index (κ2) is 5.10. The molecule has 0 amide bonds. The number of aliphatic hydroxyl groups excluding tert-OH is 1. The maximum Gasteiger partial charge on any atom is 0.0480 e. The Labute approximate surface area is 86.0 Å². The molecule has 0 spiro atoms. The zero-order chi connectivity index (χ0) is 9.80. The van der Waals surface area contributed by atoms with Crippen LogP contribution in [-0.4, -0.2) is 49.0 Å². The molecule has 2 heterocycles. The highest BCUT2D eigenvalue weighted by Gasteiger charge is 2.26. The van der Waals surface area contributed by atoms with Gasteiger partial charge in [-0.2, -0.15) is 0 Å². The summed E-state index contributed by atoms with van der Waals surface area (Å²) in [5.41, 5.74) is 0. The Kier molecular flexibility index (Phi) is 3.79. The predicted octanol–water partition coefficient (Wildman–Crippen LogP) is 0.870. The molecule has 2 rings (SSSR count). The van der Waals surface area contributed by atoms with Crippen molar-refractivity contribution in [3.05, 3.63) is 0 Å². The molecule has 14 heavy (non-hydrogen) atoms. The molecule has 0 aromatic carbocycles. The summed E-state index contributed by atoms with van der Waals surface area (Å²) in [7, 11) is 0. The SMILES string of the molecule is OC[C@@H]1CCCN(C2CCOCC2)C1. The summed E-state index contributed by atoms with van der Waals surface area (Å²) in [4.78, 5) is 2.56. The molecule has 2 aliphatic rings. The van der Waals surface area contributed by atoms with Gasteiger partial charge in [0.2, 0.25) is 0 Å². The van der Waals surface area contributed by atoms with Crippen molar-refractivity contribution in [3.63, 3.8) is 0 Å². The third-order valence-corrected chi connectivity index (χ3v) is 3.52. The molecule has 2 saturated heterocycles. The zero-order valence-electron chi connectivity index (χ0n) is 8.82. The number of hydrogen-bond acceptors (Lipinski definition) is 3. The fraction of sp³-hybridized carbons (Fsp3) is 1.00. The molecule has 0 unspecified atom stereocenters. The van der Waals surface area contributed by atoms with Crippen LogP contribution in [-0.2, 0) is 4.74 Å². The second-order valence-corrected chi connectivity index (χ2v) is 4.53. The molecule has 2 fully saturated rings. The largest absolute Gasteiger partial charge is 0.396 e. The van der Waals surface area contributed by atoms with Crippen molar-refractivity contribution >= 4 is 0 Å². The molecule has 1 atom stereocenters. The van der Waals surface area contributed by atoms with Crippen LogP contribution in [0, 0.1) is 5.92 Å². The van der Waals surface area contributed by atoms with Crippen LogP contribution in [0.4, 0.5) is 0 Å². The van der Waals surface area contributed by atoms with E-state index in [0.717, 1.165) is 25.8 Å². The van der Waals surface area contributed by atoms with E-state index in [0.29, 0.717) is 12.5 Å². The molecular formula is C11H21NO2. The molecule has 82 valence electrons. The Bertz CT molecular complexity index is 169. The van der Waals surface area contributed by atoms with Gasteiger partial charge < -0.3 is 9.84 Å². The number of ether oxygens (including phenoxy) is 1. The fourth-order valence-corrected chi connectivity index (χ4v) is 2.63. The lowest BCUT2D eigenvalue weighted by atomic mass is 9.95. The average Bonchev–Trinajstić information content (AvgIpc) is 2.30. The lowest BCUT2D eigenvalue weighted by Crippen LogP contribution is -2.45. The topological polar surface area (TPSA) is 32.7 Å². The van der Waals surface area contributed by atoms with Crippen LogP contribution in [0.3, 0.4) is 0 Å². The van der Waals surface area contributed by atoms with Gasteiger partial charge >= 0.3 is 0 Å². The maximum atomic E-state index is 9.16. The van der Waals surface area contributed by atoms with E-state index in [9.17, 15) is 0 Å². The van der Waals surface area contributed by atoms with Crippen molar-refractivity contribution in [2.24, 2.45) is 5.92 Å². The van der Waals surface area contributed by atoms with Gasteiger partial charge in [0.15, 0.2) is 0 Å². The van der Waals surface area contributed by atoms with E-state index in [1.54, 1.807) is 0 Å². The van der Waals surface area contributed by atoms with Crippen LogP contribution < -0.4 is 0 Å². The van der Waals surface area contributed by atoms with Gasteiger partial charge in [0.05, 0.1) is 0 Å². The van der Waals surface area contributed by atoms with Gasteiger partial charge in [-0.1, -0.05) is 0 Å². The summed E-state index contributed by atoms with van der Waals surface area (Å²) in [5.74, 6) is 0.520. The highest BCUT2D eigenvalue weighted by molar-refractivity contribution is 4.80. The van der Waals surface area contributed by atoms with Gasteiger partial charge in [0, 0.05) is 32.4 Å². The van der Waals surface area contributed by atoms with Gasteiger partial charge in [0.25, 0.3) is 0 Å². The minimum atomic E-state index is 0.361. The van der Waals surface area contributed by atoms with Gasteiger partial charge in [-0.3, -0.25) is 4.90 Å². The van der Waals surface area contributed by atoms with Gasteiger partial charge in [-0.05, 0) is 38.1 Å². The standard InChI is InChI=1S/C11H21NO2/c13-9-10-2-1-5-12(8-10)11-3-6-14-7-4-11/h10-11,13H,1-9H2/t10-/m1/s1. The highest BCUT2D eigenvalue weighted by Crippen LogP contribution is 2.22. The van der Waals surface area contributed by atoms with E-state index in [-0.39, 0.29) is 0 Å². The van der Waals surface area contributed by atoms with Crippen LogP contribution in [0.15, 0.2) is 0 Å². The summed E-state index contributed by atoms with van der Waals surface area (Å²) < 4.78 is 5.37. The Morgan fingerprint density at radius 2 is 2.00 bits per heavy atom. The number of aliphatic hydroxyl groups is 1. The number of hydrogen-bond donors (Lipinski definition) is 1. The third kappa shape index (κ3) is 2.47. The summed E-state index contributed by atoms with van der Waals surface area (Å²) in [5, 5.41) is 9.16.